The number of benzene rings is 2. The summed E-state index contributed by atoms with van der Waals surface area (Å²) in [6, 6.07) is 16.9. The Hall–Kier alpha value is -2.43. The Morgan fingerprint density at radius 3 is 2.71 bits per heavy atom. The van der Waals surface area contributed by atoms with Crippen LogP contribution in [0.3, 0.4) is 0 Å². The Bertz CT molecular complexity index is 932. The van der Waals surface area contributed by atoms with E-state index in [1.807, 2.05) is 10.7 Å². The van der Waals surface area contributed by atoms with Crippen LogP contribution in [0, 0.1) is 19.8 Å². The molecule has 1 saturated heterocycles. The molecule has 2 heterocycles. The number of piperidine rings is 1. The van der Waals surface area contributed by atoms with Gasteiger partial charge in [0.1, 0.15) is 0 Å². The van der Waals surface area contributed by atoms with E-state index in [4.69, 9.17) is 5.10 Å². The van der Waals surface area contributed by atoms with Gasteiger partial charge in [0.05, 0.1) is 11.4 Å². The lowest BCUT2D eigenvalue weighted by atomic mass is 9.98. The highest BCUT2D eigenvalue weighted by Gasteiger charge is 2.22. The maximum absolute atomic E-state index is 9.57. The molecule has 28 heavy (non-hydrogen) atoms. The fourth-order valence-corrected chi connectivity index (χ4v) is 4.14. The summed E-state index contributed by atoms with van der Waals surface area (Å²) in [5.74, 6) is 0.392. The van der Waals surface area contributed by atoms with Crippen molar-refractivity contribution in [2.75, 3.05) is 19.7 Å². The average molecular weight is 376 g/mol. The van der Waals surface area contributed by atoms with Crippen molar-refractivity contribution in [3.8, 4) is 16.9 Å². The molecular formula is C24H29N3O. The normalized spacial score (nSPS) is 17.8. The number of aliphatic hydroxyl groups is 1. The molecule has 0 bridgehead atoms. The van der Waals surface area contributed by atoms with E-state index in [2.05, 4.69) is 67.4 Å². The van der Waals surface area contributed by atoms with Gasteiger partial charge in [-0.05, 0) is 56.3 Å². The number of hydrogen-bond acceptors (Lipinski definition) is 3. The molecule has 0 spiro atoms. The average Bonchev–Trinajstić information content (AvgIpc) is 3.14. The van der Waals surface area contributed by atoms with Gasteiger partial charge in [-0.3, -0.25) is 4.90 Å². The second-order valence-corrected chi connectivity index (χ2v) is 8.03. The van der Waals surface area contributed by atoms with Gasteiger partial charge in [-0.15, -0.1) is 0 Å². The van der Waals surface area contributed by atoms with Crippen molar-refractivity contribution in [1.29, 1.82) is 0 Å². The lowest BCUT2D eigenvalue weighted by Gasteiger charge is -2.31. The van der Waals surface area contributed by atoms with Gasteiger partial charge in [0, 0.05) is 37.0 Å². The molecule has 1 aliphatic rings. The molecule has 4 heteroatoms. The van der Waals surface area contributed by atoms with Crippen LogP contribution in [-0.2, 0) is 6.54 Å². The number of rotatable bonds is 5. The highest BCUT2D eigenvalue weighted by atomic mass is 16.3. The first-order valence-corrected chi connectivity index (χ1v) is 10.2. The fourth-order valence-electron chi connectivity index (χ4n) is 4.14. The second-order valence-electron chi connectivity index (χ2n) is 8.03. The SMILES string of the molecule is Cc1ccc(C)c(-n2cc(CN3CCC[C@@H](CO)C3)c(-c3ccccc3)n2)c1. The van der Waals surface area contributed by atoms with Gasteiger partial charge in [0.15, 0.2) is 0 Å². The molecule has 0 radical (unpaired) electrons. The molecule has 0 aliphatic carbocycles. The van der Waals surface area contributed by atoms with Crippen LogP contribution in [0.2, 0.25) is 0 Å². The predicted octanol–water partition coefficient (Wildman–Crippen LogP) is 4.36. The van der Waals surface area contributed by atoms with Crippen molar-refractivity contribution in [2.24, 2.45) is 5.92 Å². The summed E-state index contributed by atoms with van der Waals surface area (Å²) < 4.78 is 2.04. The third kappa shape index (κ3) is 4.03. The van der Waals surface area contributed by atoms with Crippen LogP contribution in [0.1, 0.15) is 29.5 Å². The molecule has 1 N–H and O–H groups in total. The minimum atomic E-state index is 0.282. The second kappa shape index (κ2) is 8.29. The van der Waals surface area contributed by atoms with Gasteiger partial charge in [0.25, 0.3) is 0 Å². The smallest absolute Gasteiger partial charge is 0.0972 e. The molecule has 146 valence electrons. The first kappa shape index (κ1) is 18.9. The Kier molecular flexibility index (Phi) is 5.60. The predicted molar refractivity (Wildman–Crippen MR) is 114 cm³/mol. The van der Waals surface area contributed by atoms with Crippen molar-refractivity contribution >= 4 is 0 Å². The number of hydrogen-bond donors (Lipinski definition) is 1. The van der Waals surface area contributed by atoms with Gasteiger partial charge in [-0.1, -0.05) is 42.5 Å². The lowest BCUT2D eigenvalue weighted by Crippen LogP contribution is -2.36. The number of aryl methyl sites for hydroxylation is 2. The van der Waals surface area contributed by atoms with E-state index >= 15 is 0 Å². The van der Waals surface area contributed by atoms with Crippen LogP contribution >= 0.6 is 0 Å². The largest absolute Gasteiger partial charge is 0.396 e. The minimum Gasteiger partial charge on any atom is -0.396 e. The molecule has 0 saturated carbocycles. The van der Waals surface area contributed by atoms with E-state index in [0.717, 1.165) is 49.4 Å². The summed E-state index contributed by atoms with van der Waals surface area (Å²) in [4.78, 5) is 2.46. The summed E-state index contributed by atoms with van der Waals surface area (Å²) in [5, 5.41) is 14.6. The Labute approximate surface area is 167 Å². The molecule has 1 aromatic heterocycles. The zero-order valence-corrected chi connectivity index (χ0v) is 16.8. The minimum absolute atomic E-state index is 0.282. The third-order valence-corrected chi connectivity index (χ3v) is 5.70. The number of aliphatic hydroxyl groups excluding tert-OH is 1. The van der Waals surface area contributed by atoms with E-state index in [9.17, 15) is 5.11 Å². The number of aromatic nitrogens is 2. The summed E-state index contributed by atoms with van der Waals surface area (Å²) >= 11 is 0. The maximum Gasteiger partial charge on any atom is 0.0972 e. The summed E-state index contributed by atoms with van der Waals surface area (Å²) in [5.41, 5.74) is 7.03. The quantitative estimate of drug-likeness (QED) is 0.720. The van der Waals surface area contributed by atoms with E-state index in [0.29, 0.717) is 5.92 Å². The first-order valence-electron chi connectivity index (χ1n) is 10.2. The summed E-state index contributed by atoms with van der Waals surface area (Å²) in [6.07, 6.45) is 4.46. The molecule has 1 fully saturated rings. The summed E-state index contributed by atoms with van der Waals surface area (Å²) in [7, 11) is 0. The van der Waals surface area contributed by atoms with Crippen LogP contribution in [-0.4, -0.2) is 39.5 Å². The number of nitrogens with zero attached hydrogens (tertiary/aromatic N) is 3. The molecule has 3 aromatic rings. The standard InChI is InChI=1S/C24H29N3O/c1-18-10-11-19(2)23(13-18)27-16-22(15-26-12-6-7-20(14-26)17-28)24(25-27)21-8-4-3-5-9-21/h3-5,8-11,13,16,20,28H,6-7,12,14-15,17H2,1-2H3/t20-/m1/s1. The third-order valence-electron chi connectivity index (χ3n) is 5.70. The van der Waals surface area contributed by atoms with E-state index in [1.54, 1.807) is 0 Å². The molecule has 0 amide bonds. The van der Waals surface area contributed by atoms with Crippen LogP contribution < -0.4 is 0 Å². The van der Waals surface area contributed by atoms with Crippen molar-refractivity contribution in [1.82, 2.24) is 14.7 Å². The van der Waals surface area contributed by atoms with Crippen molar-refractivity contribution in [3.63, 3.8) is 0 Å². The maximum atomic E-state index is 9.57. The molecule has 1 atom stereocenters. The van der Waals surface area contributed by atoms with Gasteiger partial charge in [-0.25, -0.2) is 4.68 Å². The molecular weight excluding hydrogens is 346 g/mol. The van der Waals surface area contributed by atoms with Crippen LogP contribution in [0.4, 0.5) is 0 Å². The number of likely N-dealkylation sites (tertiary alicyclic amines) is 1. The van der Waals surface area contributed by atoms with Gasteiger partial charge >= 0.3 is 0 Å². The Morgan fingerprint density at radius 1 is 1.11 bits per heavy atom. The molecule has 0 unspecified atom stereocenters. The molecule has 2 aromatic carbocycles. The fraction of sp³-hybridized carbons (Fsp3) is 0.375. The lowest BCUT2D eigenvalue weighted by molar-refractivity contribution is 0.116. The van der Waals surface area contributed by atoms with Gasteiger partial charge in [-0.2, -0.15) is 5.10 Å². The molecule has 1 aliphatic heterocycles. The first-order chi connectivity index (χ1) is 13.6. The Morgan fingerprint density at radius 2 is 1.93 bits per heavy atom. The Balaban J connectivity index is 1.71. The monoisotopic (exact) mass is 375 g/mol. The van der Waals surface area contributed by atoms with E-state index < -0.39 is 0 Å². The molecule has 4 nitrogen and oxygen atoms in total. The van der Waals surface area contributed by atoms with Crippen LogP contribution in [0.5, 0.6) is 0 Å². The van der Waals surface area contributed by atoms with E-state index in [1.165, 1.54) is 16.7 Å². The highest BCUT2D eigenvalue weighted by Crippen LogP contribution is 2.27. The zero-order valence-electron chi connectivity index (χ0n) is 16.8. The highest BCUT2D eigenvalue weighted by molar-refractivity contribution is 5.63. The summed E-state index contributed by atoms with van der Waals surface area (Å²) in [6.45, 7) is 7.44. The van der Waals surface area contributed by atoms with E-state index in [-0.39, 0.29) is 6.61 Å². The van der Waals surface area contributed by atoms with Crippen LogP contribution in [0.25, 0.3) is 16.9 Å². The van der Waals surface area contributed by atoms with Crippen LogP contribution in [0.15, 0.2) is 54.7 Å². The van der Waals surface area contributed by atoms with Gasteiger partial charge < -0.3 is 5.11 Å². The zero-order chi connectivity index (χ0) is 19.5. The van der Waals surface area contributed by atoms with Crippen molar-refractivity contribution < 1.29 is 5.11 Å². The van der Waals surface area contributed by atoms with Gasteiger partial charge in [0.2, 0.25) is 0 Å². The van der Waals surface area contributed by atoms with Crippen molar-refractivity contribution in [2.45, 2.75) is 33.2 Å². The van der Waals surface area contributed by atoms with Crippen molar-refractivity contribution in [3.05, 3.63) is 71.4 Å². The molecule has 4 rings (SSSR count). The topological polar surface area (TPSA) is 41.3 Å².